The number of amides is 1. The van der Waals surface area contributed by atoms with Crippen molar-refractivity contribution >= 4 is 27.5 Å². The third-order valence-electron chi connectivity index (χ3n) is 4.14. The summed E-state index contributed by atoms with van der Waals surface area (Å²) in [5.74, 6) is -0.0147. The van der Waals surface area contributed by atoms with E-state index in [1.165, 1.54) is 19.4 Å². The van der Waals surface area contributed by atoms with Crippen LogP contribution >= 0.6 is 11.6 Å². The van der Waals surface area contributed by atoms with Crippen LogP contribution in [0.15, 0.2) is 53.6 Å². The minimum Gasteiger partial charge on any atom is -0.497 e. The van der Waals surface area contributed by atoms with Crippen molar-refractivity contribution in [2.75, 3.05) is 7.11 Å². The Morgan fingerprint density at radius 1 is 1.21 bits per heavy atom. The van der Waals surface area contributed by atoms with E-state index in [4.69, 9.17) is 16.3 Å². The average molecular weight is 420 g/mol. The van der Waals surface area contributed by atoms with E-state index in [1.807, 2.05) is 0 Å². The molecule has 0 bridgehead atoms. The molecule has 1 N–H and O–H groups in total. The predicted molar refractivity (Wildman–Crippen MR) is 106 cm³/mol. The highest BCUT2D eigenvalue weighted by Gasteiger charge is 2.24. The van der Waals surface area contributed by atoms with Gasteiger partial charge in [-0.25, -0.2) is 18.1 Å². The van der Waals surface area contributed by atoms with Gasteiger partial charge in [-0.05, 0) is 30.7 Å². The number of ether oxygens (including phenoxy) is 1. The fourth-order valence-electron chi connectivity index (χ4n) is 2.69. The highest BCUT2D eigenvalue weighted by atomic mass is 35.5. The number of hydrogen-bond donors (Lipinski definition) is 1. The largest absolute Gasteiger partial charge is 0.497 e. The first kappa shape index (κ1) is 19.9. The quantitative estimate of drug-likeness (QED) is 0.685. The van der Waals surface area contributed by atoms with E-state index >= 15 is 0 Å². The van der Waals surface area contributed by atoms with Gasteiger partial charge in [0.05, 0.1) is 17.0 Å². The number of aryl methyl sites for hydroxylation is 2. The number of nitrogens with zero attached hydrogens (tertiary/aromatic N) is 2. The van der Waals surface area contributed by atoms with Gasteiger partial charge in [0.2, 0.25) is 0 Å². The van der Waals surface area contributed by atoms with Crippen LogP contribution in [0.4, 0.5) is 0 Å². The SMILES string of the molecule is COc1ccc(C)c(S(=O)(=O)NC(=O)c2cn(C)c(-c3ccccc3Cl)n2)c1. The molecule has 0 unspecified atom stereocenters. The number of hydrogen-bond acceptors (Lipinski definition) is 5. The van der Waals surface area contributed by atoms with E-state index < -0.39 is 15.9 Å². The first-order valence-corrected chi connectivity index (χ1v) is 10.1. The third kappa shape index (κ3) is 3.88. The van der Waals surface area contributed by atoms with Crippen molar-refractivity contribution in [2.24, 2.45) is 7.05 Å². The Kier molecular flexibility index (Phi) is 5.44. The van der Waals surface area contributed by atoms with E-state index in [2.05, 4.69) is 9.71 Å². The zero-order chi connectivity index (χ0) is 20.5. The molecule has 1 aromatic heterocycles. The number of methoxy groups -OCH3 is 1. The number of aromatic nitrogens is 2. The lowest BCUT2D eigenvalue weighted by Gasteiger charge is -2.10. The maximum absolute atomic E-state index is 12.7. The van der Waals surface area contributed by atoms with Crippen LogP contribution in [0.5, 0.6) is 5.75 Å². The van der Waals surface area contributed by atoms with Gasteiger partial charge in [-0.15, -0.1) is 0 Å². The minimum atomic E-state index is -4.10. The van der Waals surface area contributed by atoms with Crippen LogP contribution in [0.25, 0.3) is 11.4 Å². The maximum Gasteiger partial charge on any atom is 0.285 e. The second-order valence-electron chi connectivity index (χ2n) is 6.11. The van der Waals surface area contributed by atoms with E-state index in [-0.39, 0.29) is 10.6 Å². The molecule has 0 saturated carbocycles. The topological polar surface area (TPSA) is 90.3 Å². The van der Waals surface area contributed by atoms with Crippen LogP contribution in [-0.2, 0) is 17.1 Å². The summed E-state index contributed by atoms with van der Waals surface area (Å²) in [7, 11) is -0.970. The smallest absolute Gasteiger partial charge is 0.285 e. The molecule has 0 fully saturated rings. The summed E-state index contributed by atoms with van der Waals surface area (Å²) in [5, 5.41) is 0.475. The molecule has 9 heteroatoms. The minimum absolute atomic E-state index is 0.0394. The molecule has 1 heterocycles. The lowest BCUT2D eigenvalue weighted by atomic mass is 10.2. The molecule has 7 nitrogen and oxygen atoms in total. The normalized spacial score (nSPS) is 11.3. The van der Waals surface area contributed by atoms with Gasteiger partial charge < -0.3 is 9.30 Å². The number of halogens is 1. The van der Waals surface area contributed by atoms with Crippen molar-refractivity contribution in [2.45, 2.75) is 11.8 Å². The molecule has 0 spiro atoms. The van der Waals surface area contributed by atoms with Gasteiger partial charge in [-0.3, -0.25) is 4.79 Å². The number of imidazole rings is 1. The Morgan fingerprint density at radius 3 is 2.61 bits per heavy atom. The Bertz CT molecular complexity index is 1160. The lowest BCUT2D eigenvalue weighted by Crippen LogP contribution is -2.31. The Labute approximate surface area is 168 Å². The molecule has 0 atom stereocenters. The summed E-state index contributed by atoms with van der Waals surface area (Å²) in [5.41, 5.74) is 1.08. The number of rotatable bonds is 5. The molecule has 0 aliphatic rings. The highest BCUT2D eigenvalue weighted by molar-refractivity contribution is 7.90. The Morgan fingerprint density at radius 2 is 1.93 bits per heavy atom. The van der Waals surface area contributed by atoms with Gasteiger partial charge in [0, 0.05) is 24.9 Å². The number of nitrogens with one attached hydrogen (secondary N) is 1. The van der Waals surface area contributed by atoms with Crippen molar-refractivity contribution in [3.8, 4) is 17.1 Å². The van der Waals surface area contributed by atoms with Crippen LogP contribution < -0.4 is 9.46 Å². The number of sulfonamides is 1. The molecule has 0 saturated heterocycles. The molecule has 0 aliphatic carbocycles. The molecule has 3 rings (SSSR count). The number of carbonyl (C=O) groups excluding carboxylic acids is 1. The van der Waals surface area contributed by atoms with Gasteiger partial charge in [0.1, 0.15) is 17.3 Å². The predicted octanol–water partition coefficient (Wildman–Crippen LogP) is 3.18. The van der Waals surface area contributed by atoms with Gasteiger partial charge in [-0.2, -0.15) is 0 Å². The highest BCUT2D eigenvalue weighted by Crippen LogP contribution is 2.27. The molecule has 2 aromatic carbocycles. The van der Waals surface area contributed by atoms with Crippen molar-refractivity contribution in [1.82, 2.24) is 14.3 Å². The van der Waals surface area contributed by atoms with E-state index in [0.29, 0.717) is 27.7 Å². The van der Waals surface area contributed by atoms with Crippen LogP contribution in [0.3, 0.4) is 0 Å². The molecule has 28 heavy (non-hydrogen) atoms. The average Bonchev–Trinajstić information content (AvgIpc) is 3.04. The van der Waals surface area contributed by atoms with Gasteiger partial charge in [-0.1, -0.05) is 29.8 Å². The molecular formula is C19H18ClN3O4S. The van der Waals surface area contributed by atoms with Crippen LogP contribution in [0.2, 0.25) is 5.02 Å². The Hall–Kier alpha value is -2.84. The second-order valence-corrected chi connectivity index (χ2v) is 8.16. The molecule has 3 aromatic rings. The first-order chi connectivity index (χ1) is 13.2. The molecule has 146 valence electrons. The van der Waals surface area contributed by atoms with Crippen molar-refractivity contribution in [3.63, 3.8) is 0 Å². The number of carbonyl (C=O) groups is 1. The monoisotopic (exact) mass is 419 g/mol. The summed E-state index contributed by atoms with van der Waals surface area (Å²) in [4.78, 5) is 16.8. The second kappa shape index (κ2) is 7.65. The number of benzene rings is 2. The molecule has 0 aliphatic heterocycles. The van der Waals surface area contributed by atoms with Crippen LogP contribution in [-0.4, -0.2) is 31.0 Å². The molecule has 0 radical (unpaired) electrons. The van der Waals surface area contributed by atoms with Gasteiger partial charge in [0.15, 0.2) is 0 Å². The third-order valence-corrected chi connectivity index (χ3v) is 5.94. The van der Waals surface area contributed by atoms with E-state index in [9.17, 15) is 13.2 Å². The van der Waals surface area contributed by atoms with Crippen LogP contribution in [0.1, 0.15) is 16.1 Å². The van der Waals surface area contributed by atoms with E-state index in [0.717, 1.165) is 0 Å². The molecule has 1 amide bonds. The summed E-state index contributed by atoms with van der Waals surface area (Å²) < 4.78 is 34.1. The zero-order valence-electron chi connectivity index (χ0n) is 15.4. The van der Waals surface area contributed by atoms with E-state index in [1.54, 1.807) is 54.9 Å². The Balaban J connectivity index is 1.92. The van der Waals surface area contributed by atoms with Crippen molar-refractivity contribution in [1.29, 1.82) is 0 Å². The van der Waals surface area contributed by atoms with Crippen LogP contribution in [0, 0.1) is 6.92 Å². The zero-order valence-corrected chi connectivity index (χ0v) is 17.0. The fraction of sp³-hybridized carbons (Fsp3) is 0.158. The standard InChI is InChI=1S/C19H18ClN3O4S/c1-12-8-9-13(27-3)10-17(12)28(25,26)22-19(24)16-11-23(2)18(21-16)14-6-4-5-7-15(14)20/h4-11H,1-3H3,(H,22,24). The van der Waals surface area contributed by atoms with Crippen molar-refractivity contribution in [3.05, 3.63) is 64.9 Å². The van der Waals surface area contributed by atoms with Gasteiger partial charge >= 0.3 is 0 Å². The summed E-state index contributed by atoms with van der Waals surface area (Å²) >= 11 is 6.19. The first-order valence-electron chi connectivity index (χ1n) is 8.23. The summed E-state index contributed by atoms with van der Waals surface area (Å²) in [6.07, 6.45) is 1.45. The maximum atomic E-state index is 12.7. The summed E-state index contributed by atoms with van der Waals surface area (Å²) in [6.45, 7) is 1.63. The van der Waals surface area contributed by atoms with Gasteiger partial charge in [0.25, 0.3) is 15.9 Å². The van der Waals surface area contributed by atoms with Crippen molar-refractivity contribution < 1.29 is 17.9 Å². The lowest BCUT2D eigenvalue weighted by molar-refractivity contribution is 0.0977. The summed E-state index contributed by atoms with van der Waals surface area (Å²) in [6, 6.07) is 11.7. The molecular weight excluding hydrogens is 402 g/mol. The fourth-order valence-corrected chi connectivity index (χ4v) is 4.14.